The van der Waals surface area contributed by atoms with Crippen LogP contribution in [-0.2, 0) is 6.54 Å². The van der Waals surface area contributed by atoms with Crippen molar-refractivity contribution in [3.63, 3.8) is 0 Å². The molecule has 3 rings (SSSR count). The van der Waals surface area contributed by atoms with E-state index < -0.39 is 0 Å². The molecule has 0 radical (unpaired) electrons. The third-order valence-electron chi connectivity index (χ3n) is 3.06. The van der Waals surface area contributed by atoms with Crippen molar-refractivity contribution in [1.82, 2.24) is 10.3 Å². The third kappa shape index (κ3) is 2.32. The molecule has 1 aromatic heterocycles. The van der Waals surface area contributed by atoms with E-state index in [4.69, 9.17) is 0 Å². The summed E-state index contributed by atoms with van der Waals surface area (Å²) in [6, 6.07) is 0.794. The summed E-state index contributed by atoms with van der Waals surface area (Å²) >= 11 is 1.85. The van der Waals surface area contributed by atoms with Gasteiger partial charge in [0.1, 0.15) is 0 Å². The van der Waals surface area contributed by atoms with Crippen molar-refractivity contribution in [2.45, 2.75) is 38.3 Å². The maximum absolute atomic E-state index is 4.50. The van der Waals surface area contributed by atoms with Crippen LogP contribution in [0.4, 0.5) is 5.13 Å². The summed E-state index contributed by atoms with van der Waals surface area (Å²) in [4.78, 5) is 8.29. The highest BCUT2D eigenvalue weighted by atomic mass is 32.1. The zero-order valence-electron chi connectivity index (χ0n) is 8.91. The number of hydrogen-bond acceptors (Lipinski definition) is 4. The highest BCUT2D eigenvalue weighted by Gasteiger charge is 2.21. The molecular weight excluding hydrogens is 206 g/mol. The van der Waals surface area contributed by atoms with Crippen molar-refractivity contribution in [3.8, 4) is 0 Å². The van der Waals surface area contributed by atoms with E-state index in [9.17, 15) is 0 Å². The second-order valence-electron chi connectivity index (χ2n) is 4.46. The summed E-state index contributed by atoms with van der Waals surface area (Å²) in [6.45, 7) is 3.40. The van der Waals surface area contributed by atoms with E-state index in [0.717, 1.165) is 12.6 Å². The molecule has 0 bridgehead atoms. The van der Waals surface area contributed by atoms with Crippen LogP contribution in [0.25, 0.3) is 0 Å². The summed E-state index contributed by atoms with van der Waals surface area (Å²) in [6.07, 6.45) is 7.41. The van der Waals surface area contributed by atoms with E-state index in [2.05, 4.69) is 15.2 Å². The van der Waals surface area contributed by atoms with Gasteiger partial charge in [-0.15, -0.1) is 11.3 Å². The van der Waals surface area contributed by atoms with Crippen LogP contribution in [-0.4, -0.2) is 24.1 Å². The molecule has 1 aliphatic carbocycles. The van der Waals surface area contributed by atoms with Crippen molar-refractivity contribution in [1.29, 1.82) is 0 Å². The lowest BCUT2D eigenvalue weighted by Gasteiger charge is -2.12. The van der Waals surface area contributed by atoms with Gasteiger partial charge in [-0.05, 0) is 25.7 Å². The van der Waals surface area contributed by atoms with E-state index in [1.807, 2.05) is 17.5 Å². The zero-order chi connectivity index (χ0) is 10.1. The van der Waals surface area contributed by atoms with Crippen LogP contribution in [0.2, 0.25) is 0 Å². The molecular formula is C11H17N3S. The minimum atomic E-state index is 0.794. The molecule has 1 N–H and O–H groups in total. The number of hydrogen-bond donors (Lipinski definition) is 1. The summed E-state index contributed by atoms with van der Waals surface area (Å²) in [5.41, 5.74) is 0. The smallest absolute Gasteiger partial charge is 0.185 e. The summed E-state index contributed by atoms with van der Waals surface area (Å²) < 4.78 is 0. The van der Waals surface area contributed by atoms with E-state index in [0.29, 0.717) is 0 Å². The van der Waals surface area contributed by atoms with Gasteiger partial charge in [-0.1, -0.05) is 0 Å². The maximum Gasteiger partial charge on any atom is 0.185 e. The quantitative estimate of drug-likeness (QED) is 0.846. The Kier molecular flexibility index (Phi) is 2.63. The van der Waals surface area contributed by atoms with Crippen molar-refractivity contribution in [2.24, 2.45) is 0 Å². The molecule has 82 valence electrons. The van der Waals surface area contributed by atoms with Crippen LogP contribution in [0.5, 0.6) is 0 Å². The molecule has 2 heterocycles. The van der Waals surface area contributed by atoms with Gasteiger partial charge >= 0.3 is 0 Å². The number of nitrogens with zero attached hydrogens (tertiary/aromatic N) is 2. The van der Waals surface area contributed by atoms with Crippen LogP contribution in [0.3, 0.4) is 0 Å². The summed E-state index contributed by atoms with van der Waals surface area (Å²) in [5, 5.41) is 4.75. The predicted molar refractivity (Wildman–Crippen MR) is 63.4 cm³/mol. The minimum absolute atomic E-state index is 0.794. The van der Waals surface area contributed by atoms with Crippen molar-refractivity contribution in [2.75, 3.05) is 18.0 Å². The standard InChI is InChI=1S/C11H17N3S/c1-2-6-14(5-1)11-13-8-10(15-11)7-12-9-3-4-9/h8-9,12H,1-7H2. The fourth-order valence-corrected chi connectivity index (χ4v) is 2.88. The first-order valence-electron chi connectivity index (χ1n) is 5.85. The molecule has 15 heavy (non-hydrogen) atoms. The van der Waals surface area contributed by atoms with Gasteiger partial charge in [0.2, 0.25) is 0 Å². The number of aromatic nitrogens is 1. The largest absolute Gasteiger partial charge is 0.348 e. The Morgan fingerprint density at radius 1 is 1.40 bits per heavy atom. The number of rotatable bonds is 4. The van der Waals surface area contributed by atoms with Crippen LogP contribution in [0.15, 0.2) is 6.20 Å². The molecule has 2 fully saturated rings. The van der Waals surface area contributed by atoms with Gasteiger partial charge in [-0.3, -0.25) is 0 Å². The Morgan fingerprint density at radius 3 is 2.93 bits per heavy atom. The van der Waals surface area contributed by atoms with Gasteiger partial charge in [0.15, 0.2) is 5.13 Å². The highest BCUT2D eigenvalue weighted by molar-refractivity contribution is 7.15. The average Bonchev–Trinajstić information content (AvgIpc) is 2.78. The minimum Gasteiger partial charge on any atom is -0.348 e. The Balaban J connectivity index is 1.59. The van der Waals surface area contributed by atoms with Crippen molar-refractivity contribution < 1.29 is 0 Å². The first kappa shape index (κ1) is 9.60. The normalized spacial score (nSPS) is 21.2. The van der Waals surface area contributed by atoms with Crippen LogP contribution < -0.4 is 10.2 Å². The molecule has 3 nitrogen and oxygen atoms in total. The van der Waals surface area contributed by atoms with E-state index in [1.54, 1.807) is 0 Å². The van der Waals surface area contributed by atoms with Gasteiger partial charge < -0.3 is 10.2 Å². The second kappa shape index (κ2) is 4.10. The Hall–Kier alpha value is -0.610. The van der Waals surface area contributed by atoms with E-state index in [-0.39, 0.29) is 0 Å². The Morgan fingerprint density at radius 2 is 2.20 bits per heavy atom. The molecule has 2 aliphatic rings. The molecule has 0 aromatic carbocycles. The Bertz CT molecular complexity index is 326. The summed E-state index contributed by atoms with van der Waals surface area (Å²) in [7, 11) is 0. The van der Waals surface area contributed by atoms with Crippen LogP contribution in [0.1, 0.15) is 30.6 Å². The molecule has 0 amide bonds. The lowest BCUT2D eigenvalue weighted by molar-refractivity contribution is 0.694. The molecule has 1 aromatic rings. The maximum atomic E-state index is 4.50. The van der Waals surface area contributed by atoms with Gasteiger partial charge in [-0.25, -0.2) is 4.98 Å². The zero-order valence-corrected chi connectivity index (χ0v) is 9.72. The number of thiazole rings is 1. The molecule has 0 atom stereocenters. The first-order chi connectivity index (χ1) is 7.42. The monoisotopic (exact) mass is 223 g/mol. The van der Waals surface area contributed by atoms with Gasteiger partial charge in [0.25, 0.3) is 0 Å². The van der Waals surface area contributed by atoms with E-state index >= 15 is 0 Å². The number of anilines is 1. The lowest BCUT2D eigenvalue weighted by atomic mass is 10.4. The molecule has 1 saturated heterocycles. The molecule has 4 heteroatoms. The summed E-state index contributed by atoms with van der Waals surface area (Å²) in [5.74, 6) is 0. The average molecular weight is 223 g/mol. The predicted octanol–water partition coefficient (Wildman–Crippen LogP) is 2.00. The van der Waals surface area contributed by atoms with E-state index in [1.165, 1.54) is 48.8 Å². The molecule has 0 unspecified atom stereocenters. The van der Waals surface area contributed by atoms with Crippen LogP contribution in [0, 0.1) is 0 Å². The van der Waals surface area contributed by atoms with Crippen molar-refractivity contribution in [3.05, 3.63) is 11.1 Å². The third-order valence-corrected chi connectivity index (χ3v) is 4.12. The second-order valence-corrected chi connectivity index (χ2v) is 5.55. The van der Waals surface area contributed by atoms with Gasteiger partial charge in [-0.2, -0.15) is 0 Å². The van der Waals surface area contributed by atoms with Crippen LogP contribution >= 0.6 is 11.3 Å². The molecule has 1 saturated carbocycles. The fourth-order valence-electron chi connectivity index (χ4n) is 1.97. The SMILES string of the molecule is c1nc(N2CCCC2)sc1CNC1CC1. The lowest BCUT2D eigenvalue weighted by Crippen LogP contribution is -2.17. The molecule has 1 aliphatic heterocycles. The fraction of sp³-hybridized carbons (Fsp3) is 0.727. The number of nitrogens with one attached hydrogen (secondary N) is 1. The molecule has 0 spiro atoms. The topological polar surface area (TPSA) is 28.2 Å². The van der Waals surface area contributed by atoms with Gasteiger partial charge in [0, 0.05) is 36.8 Å². The van der Waals surface area contributed by atoms with Gasteiger partial charge in [0.05, 0.1) is 0 Å². The van der Waals surface area contributed by atoms with Crippen molar-refractivity contribution >= 4 is 16.5 Å². The highest BCUT2D eigenvalue weighted by Crippen LogP contribution is 2.26. The Labute approximate surface area is 94.5 Å². The first-order valence-corrected chi connectivity index (χ1v) is 6.66.